The molecule has 0 saturated heterocycles. The van der Waals surface area contributed by atoms with Gasteiger partial charge in [-0.15, -0.1) is 0 Å². The van der Waals surface area contributed by atoms with Crippen LogP contribution in [0, 0.1) is 6.92 Å². The zero-order valence-corrected chi connectivity index (χ0v) is 11.1. The predicted octanol–water partition coefficient (Wildman–Crippen LogP) is 1.70. The number of nitrogens with one attached hydrogen (secondary N) is 1. The van der Waals surface area contributed by atoms with E-state index in [0.29, 0.717) is 6.54 Å². The molecule has 0 aliphatic heterocycles. The highest BCUT2D eigenvalue weighted by molar-refractivity contribution is 5.76. The molecule has 0 saturated carbocycles. The standard InChI is InChI=1S/C14H17N5/c1-9-7-12(18-17-9)10(8-15)14-16-11-5-3-4-6-13(11)19(14)2/h3-7,10H,8,15H2,1-2H3,(H,17,18). The van der Waals surface area contributed by atoms with Crippen LogP contribution in [0.25, 0.3) is 11.0 Å². The number of hydrogen-bond acceptors (Lipinski definition) is 3. The maximum absolute atomic E-state index is 5.93. The quantitative estimate of drug-likeness (QED) is 0.748. The molecule has 0 spiro atoms. The van der Waals surface area contributed by atoms with E-state index in [1.54, 1.807) is 0 Å². The summed E-state index contributed by atoms with van der Waals surface area (Å²) in [4.78, 5) is 4.70. The fraction of sp³-hybridized carbons (Fsp3) is 0.286. The third kappa shape index (κ3) is 1.92. The maximum atomic E-state index is 5.93. The molecule has 0 aliphatic carbocycles. The van der Waals surface area contributed by atoms with Gasteiger partial charge in [0.25, 0.3) is 0 Å². The molecule has 0 bridgehead atoms. The van der Waals surface area contributed by atoms with E-state index in [1.807, 2.05) is 38.2 Å². The van der Waals surface area contributed by atoms with E-state index in [9.17, 15) is 0 Å². The highest BCUT2D eigenvalue weighted by Gasteiger charge is 2.21. The van der Waals surface area contributed by atoms with Gasteiger partial charge in [-0.2, -0.15) is 5.10 Å². The summed E-state index contributed by atoms with van der Waals surface area (Å²) in [6.45, 7) is 2.47. The van der Waals surface area contributed by atoms with E-state index in [2.05, 4.69) is 20.8 Å². The zero-order valence-electron chi connectivity index (χ0n) is 11.1. The number of aryl methyl sites for hydroxylation is 2. The molecular weight excluding hydrogens is 238 g/mol. The van der Waals surface area contributed by atoms with Crippen LogP contribution in [-0.4, -0.2) is 26.3 Å². The van der Waals surface area contributed by atoms with Crippen LogP contribution in [0.2, 0.25) is 0 Å². The topological polar surface area (TPSA) is 72.5 Å². The summed E-state index contributed by atoms with van der Waals surface area (Å²) in [6.07, 6.45) is 0. The van der Waals surface area contributed by atoms with Crippen molar-refractivity contribution < 1.29 is 0 Å². The van der Waals surface area contributed by atoms with Crippen molar-refractivity contribution in [3.63, 3.8) is 0 Å². The lowest BCUT2D eigenvalue weighted by Gasteiger charge is -2.11. The first-order chi connectivity index (χ1) is 9.20. The number of hydrogen-bond donors (Lipinski definition) is 2. The van der Waals surface area contributed by atoms with Gasteiger partial charge in [0.2, 0.25) is 0 Å². The minimum absolute atomic E-state index is 0.0161. The highest BCUT2D eigenvalue weighted by atomic mass is 15.1. The molecule has 5 heteroatoms. The fourth-order valence-corrected chi connectivity index (χ4v) is 2.45. The molecule has 0 fully saturated rings. The summed E-state index contributed by atoms with van der Waals surface area (Å²) in [6, 6.07) is 10.1. The lowest BCUT2D eigenvalue weighted by atomic mass is 10.0. The van der Waals surface area contributed by atoms with Crippen molar-refractivity contribution >= 4 is 11.0 Å². The molecule has 5 nitrogen and oxygen atoms in total. The van der Waals surface area contributed by atoms with Crippen molar-refractivity contribution in [2.24, 2.45) is 12.8 Å². The van der Waals surface area contributed by atoms with Gasteiger partial charge >= 0.3 is 0 Å². The second kappa shape index (κ2) is 4.51. The Morgan fingerprint density at radius 3 is 2.79 bits per heavy atom. The van der Waals surface area contributed by atoms with Crippen LogP contribution < -0.4 is 5.73 Å². The van der Waals surface area contributed by atoms with E-state index in [1.165, 1.54) is 0 Å². The Labute approximate surface area is 111 Å². The Bertz CT molecular complexity index is 710. The van der Waals surface area contributed by atoms with Crippen LogP contribution in [0.15, 0.2) is 30.3 Å². The SMILES string of the molecule is Cc1cc(C(CN)c2nc3ccccc3n2C)n[nH]1. The van der Waals surface area contributed by atoms with Crippen LogP contribution in [0.4, 0.5) is 0 Å². The predicted molar refractivity (Wildman–Crippen MR) is 74.9 cm³/mol. The van der Waals surface area contributed by atoms with E-state index < -0.39 is 0 Å². The van der Waals surface area contributed by atoms with E-state index >= 15 is 0 Å². The lowest BCUT2D eigenvalue weighted by molar-refractivity contribution is 0.688. The molecule has 1 unspecified atom stereocenters. The van der Waals surface area contributed by atoms with Crippen LogP contribution in [-0.2, 0) is 7.05 Å². The van der Waals surface area contributed by atoms with Gasteiger partial charge in [-0.3, -0.25) is 5.10 Å². The number of rotatable bonds is 3. The normalized spacial score (nSPS) is 13.0. The van der Waals surface area contributed by atoms with E-state index in [4.69, 9.17) is 10.7 Å². The maximum Gasteiger partial charge on any atom is 0.120 e. The molecule has 3 aromatic rings. The van der Waals surface area contributed by atoms with Crippen molar-refractivity contribution in [2.75, 3.05) is 6.54 Å². The number of aromatic amines is 1. The van der Waals surface area contributed by atoms with Gasteiger partial charge in [-0.05, 0) is 25.1 Å². The third-order valence-corrected chi connectivity index (χ3v) is 3.45. The second-order valence-corrected chi connectivity index (χ2v) is 4.78. The molecule has 2 aromatic heterocycles. The van der Waals surface area contributed by atoms with Crippen LogP contribution in [0.5, 0.6) is 0 Å². The number of H-pyrrole nitrogens is 1. The Hall–Kier alpha value is -2.14. The number of nitrogens with zero attached hydrogens (tertiary/aromatic N) is 3. The van der Waals surface area contributed by atoms with Crippen LogP contribution in [0.3, 0.4) is 0 Å². The molecule has 1 atom stereocenters. The molecule has 3 N–H and O–H groups in total. The average molecular weight is 255 g/mol. The van der Waals surface area contributed by atoms with Crippen LogP contribution >= 0.6 is 0 Å². The average Bonchev–Trinajstić information content (AvgIpc) is 2.97. The summed E-state index contributed by atoms with van der Waals surface area (Å²) < 4.78 is 2.09. The van der Waals surface area contributed by atoms with Gasteiger partial charge in [0, 0.05) is 19.3 Å². The number of fused-ring (bicyclic) bond motifs is 1. The van der Waals surface area contributed by atoms with E-state index in [-0.39, 0.29) is 5.92 Å². The molecule has 3 rings (SSSR count). The molecule has 2 heterocycles. The Balaban J connectivity index is 2.13. The molecule has 19 heavy (non-hydrogen) atoms. The summed E-state index contributed by atoms with van der Waals surface area (Å²) >= 11 is 0. The van der Waals surface area contributed by atoms with Crippen molar-refractivity contribution in [3.05, 3.63) is 47.5 Å². The van der Waals surface area contributed by atoms with Crippen molar-refractivity contribution in [1.29, 1.82) is 0 Å². The first-order valence-corrected chi connectivity index (χ1v) is 6.34. The number of imidazole rings is 1. The van der Waals surface area contributed by atoms with Crippen molar-refractivity contribution in [3.8, 4) is 0 Å². The highest BCUT2D eigenvalue weighted by Crippen LogP contribution is 2.25. The zero-order chi connectivity index (χ0) is 13.4. The number of benzene rings is 1. The van der Waals surface area contributed by atoms with E-state index in [0.717, 1.165) is 28.2 Å². The molecular formula is C14H17N5. The minimum atomic E-state index is 0.0161. The van der Waals surface area contributed by atoms with Crippen molar-refractivity contribution in [2.45, 2.75) is 12.8 Å². The smallest absolute Gasteiger partial charge is 0.120 e. The summed E-state index contributed by atoms with van der Waals surface area (Å²) in [5.74, 6) is 0.970. The minimum Gasteiger partial charge on any atom is -0.331 e. The summed E-state index contributed by atoms with van der Waals surface area (Å²) in [5.41, 5.74) is 10.0. The van der Waals surface area contributed by atoms with Gasteiger partial charge < -0.3 is 10.3 Å². The fourth-order valence-electron chi connectivity index (χ4n) is 2.45. The Morgan fingerprint density at radius 2 is 2.16 bits per heavy atom. The first kappa shape index (κ1) is 11.9. The summed E-state index contributed by atoms with van der Waals surface area (Å²) in [5, 5.41) is 7.28. The van der Waals surface area contributed by atoms with Gasteiger partial charge in [0.05, 0.1) is 22.6 Å². The van der Waals surface area contributed by atoms with Gasteiger partial charge in [-0.1, -0.05) is 12.1 Å². The van der Waals surface area contributed by atoms with Gasteiger partial charge in [0.15, 0.2) is 0 Å². The molecule has 0 aliphatic rings. The van der Waals surface area contributed by atoms with Gasteiger partial charge in [0.1, 0.15) is 5.82 Å². The monoisotopic (exact) mass is 255 g/mol. The molecule has 0 radical (unpaired) electrons. The molecule has 98 valence electrons. The van der Waals surface area contributed by atoms with Crippen molar-refractivity contribution in [1.82, 2.24) is 19.7 Å². The molecule has 1 aromatic carbocycles. The van der Waals surface area contributed by atoms with Crippen LogP contribution in [0.1, 0.15) is 23.1 Å². The first-order valence-electron chi connectivity index (χ1n) is 6.34. The number of aromatic nitrogens is 4. The Morgan fingerprint density at radius 1 is 1.37 bits per heavy atom. The third-order valence-electron chi connectivity index (χ3n) is 3.45. The largest absolute Gasteiger partial charge is 0.331 e. The molecule has 0 amide bonds. The lowest BCUT2D eigenvalue weighted by Crippen LogP contribution is -2.18. The second-order valence-electron chi connectivity index (χ2n) is 4.78. The number of nitrogens with two attached hydrogens (primary N) is 1. The van der Waals surface area contributed by atoms with Gasteiger partial charge in [-0.25, -0.2) is 4.98 Å². The Kier molecular flexibility index (Phi) is 2.83. The number of para-hydroxylation sites is 2. The summed E-state index contributed by atoms with van der Waals surface area (Å²) in [7, 11) is 2.02.